The van der Waals surface area contributed by atoms with Crippen molar-refractivity contribution in [1.82, 2.24) is 9.97 Å². The van der Waals surface area contributed by atoms with E-state index in [1.165, 1.54) is 6.20 Å². The third kappa shape index (κ3) is 2.93. The molecule has 0 saturated heterocycles. The van der Waals surface area contributed by atoms with Gasteiger partial charge in [0.05, 0.1) is 5.56 Å². The van der Waals surface area contributed by atoms with Crippen LogP contribution in [-0.2, 0) is 0 Å². The predicted octanol–water partition coefficient (Wildman–Crippen LogP) is 3.04. The molecule has 2 aromatic rings. The highest BCUT2D eigenvalue weighted by molar-refractivity contribution is 5.67. The fourth-order valence-electron chi connectivity index (χ4n) is 1.33. The molecule has 0 aliphatic heterocycles. The maximum atomic E-state index is 12.2. The number of halogens is 3. The van der Waals surface area contributed by atoms with Crippen LogP contribution in [0.2, 0.25) is 0 Å². The van der Waals surface area contributed by atoms with E-state index in [1.54, 1.807) is 30.3 Å². The molecule has 1 aromatic heterocycles. The van der Waals surface area contributed by atoms with Gasteiger partial charge in [-0.15, -0.1) is 13.2 Å². The highest BCUT2D eigenvalue weighted by Crippen LogP contribution is 2.30. The minimum Gasteiger partial charge on any atom is -0.387 e. The molecule has 0 saturated carbocycles. The maximum Gasteiger partial charge on any atom is 0.574 e. The Bertz CT molecular complexity index is 500. The summed E-state index contributed by atoms with van der Waals surface area (Å²) in [6, 6.07) is 8.49. The van der Waals surface area contributed by atoms with Crippen LogP contribution in [0.5, 0.6) is 5.88 Å². The molecule has 0 aliphatic rings. The highest BCUT2D eigenvalue weighted by Gasteiger charge is 2.33. The SMILES string of the molecule is FC(F)(F)Oc1ncncc1-c1ccccc1. The minimum absolute atomic E-state index is 0.199. The zero-order chi connectivity index (χ0) is 12.3. The summed E-state index contributed by atoms with van der Waals surface area (Å²) in [5.41, 5.74) is 0.762. The quantitative estimate of drug-likeness (QED) is 0.809. The molecule has 0 fully saturated rings. The molecule has 2 rings (SSSR count). The first-order valence-electron chi connectivity index (χ1n) is 4.67. The standard InChI is InChI=1S/C11H7F3N2O/c12-11(13,14)17-10-9(6-15-7-16-10)8-4-2-1-3-5-8/h1-7H. The van der Waals surface area contributed by atoms with Crippen LogP contribution in [0.15, 0.2) is 42.9 Å². The van der Waals surface area contributed by atoms with Gasteiger partial charge in [-0.3, -0.25) is 0 Å². The summed E-state index contributed by atoms with van der Waals surface area (Å²) < 4.78 is 40.3. The molecule has 0 unspecified atom stereocenters. The third-order valence-corrected chi connectivity index (χ3v) is 1.97. The van der Waals surface area contributed by atoms with E-state index in [-0.39, 0.29) is 5.56 Å². The highest BCUT2D eigenvalue weighted by atomic mass is 19.4. The van der Waals surface area contributed by atoms with E-state index in [2.05, 4.69) is 14.7 Å². The van der Waals surface area contributed by atoms with Crippen molar-refractivity contribution < 1.29 is 17.9 Å². The molecule has 0 spiro atoms. The lowest BCUT2D eigenvalue weighted by atomic mass is 10.1. The van der Waals surface area contributed by atoms with E-state index in [1.807, 2.05) is 0 Å². The van der Waals surface area contributed by atoms with E-state index in [9.17, 15) is 13.2 Å². The van der Waals surface area contributed by atoms with E-state index in [4.69, 9.17) is 0 Å². The van der Waals surface area contributed by atoms with Gasteiger partial charge in [-0.1, -0.05) is 30.3 Å². The molecule has 88 valence electrons. The van der Waals surface area contributed by atoms with Crippen LogP contribution in [0.3, 0.4) is 0 Å². The molecule has 0 N–H and O–H groups in total. The topological polar surface area (TPSA) is 35.0 Å². The second kappa shape index (κ2) is 4.40. The van der Waals surface area contributed by atoms with Gasteiger partial charge in [0.2, 0.25) is 5.88 Å². The molecule has 17 heavy (non-hydrogen) atoms. The minimum atomic E-state index is -4.77. The van der Waals surface area contributed by atoms with Gasteiger partial charge >= 0.3 is 6.36 Å². The zero-order valence-electron chi connectivity index (χ0n) is 8.48. The maximum absolute atomic E-state index is 12.2. The normalized spacial score (nSPS) is 11.2. The Morgan fingerprint density at radius 2 is 1.76 bits per heavy atom. The van der Waals surface area contributed by atoms with Gasteiger partial charge in [-0.05, 0) is 5.56 Å². The molecule has 0 aliphatic carbocycles. The molecule has 0 amide bonds. The van der Waals surface area contributed by atoms with Gasteiger partial charge in [-0.2, -0.15) is 0 Å². The fourth-order valence-corrected chi connectivity index (χ4v) is 1.33. The second-order valence-corrected chi connectivity index (χ2v) is 3.16. The van der Waals surface area contributed by atoms with Crippen molar-refractivity contribution >= 4 is 0 Å². The Labute approximate surface area is 94.9 Å². The van der Waals surface area contributed by atoms with Gasteiger partial charge in [0.1, 0.15) is 6.33 Å². The lowest BCUT2D eigenvalue weighted by molar-refractivity contribution is -0.275. The molecular weight excluding hydrogens is 233 g/mol. The van der Waals surface area contributed by atoms with Crippen LogP contribution >= 0.6 is 0 Å². The average molecular weight is 240 g/mol. The van der Waals surface area contributed by atoms with Crippen molar-refractivity contribution in [3.63, 3.8) is 0 Å². The molecule has 1 aromatic carbocycles. The number of aromatic nitrogens is 2. The Hall–Kier alpha value is -2.11. The summed E-state index contributed by atoms with van der Waals surface area (Å²) in [5, 5.41) is 0. The summed E-state index contributed by atoms with van der Waals surface area (Å²) in [4.78, 5) is 7.18. The van der Waals surface area contributed by atoms with E-state index in [0.29, 0.717) is 5.56 Å². The summed E-state index contributed by atoms with van der Waals surface area (Å²) in [5.74, 6) is -0.501. The number of alkyl halides is 3. The van der Waals surface area contributed by atoms with Gasteiger partial charge in [0, 0.05) is 6.20 Å². The van der Waals surface area contributed by atoms with Crippen molar-refractivity contribution in [2.75, 3.05) is 0 Å². The first-order chi connectivity index (χ1) is 8.06. The Kier molecular flexibility index (Phi) is 2.95. The second-order valence-electron chi connectivity index (χ2n) is 3.16. The first kappa shape index (κ1) is 11.4. The Morgan fingerprint density at radius 1 is 1.06 bits per heavy atom. The zero-order valence-corrected chi connectivity index (χ0v) is 8.48. The van der Waals surface area contributed by atoms with Crippen molar-refractivity contribution in [3.8, 4) is 17.0 Å². The largest absolute Gasteiger partial charge is 0.574 e. The van der Waals surface area contributed by atoms with Crippen LogP contribution < -0.4 is 4.74 Å². The van der Waals surface area contributed by atoms with Gasteiger partial charge in [-0.25, -0.2) is 9.97 Å². The molecule has 3 nitrogen and oxygen atoms in total. The van der Waals surface area contributed by atoms with Crippen LogP contribution in [0.4, 0.5) is 13.2 Å². The Morgan fingerprint density at radius 3 is 2.41 bits per heavy atom. The summed E-state index contributed by atoms with van der Waals surface area (Å²) in [7, 11) is 0. The number of nitrogens with zero attached hydrogens (tertiary/aromatic N) is 2. The fraction of sp³-hybridized carbons (Fsp3) is 0.0909. The lowest BCUT2D eigenvalue weighted by Gasteiger charge is -2.11. The van der Waals surface area contributed by atoms with E-state index < -0.39 is 12.2 Å². The van der Waals surface area contributed by atoms with Crippen LogP contribution in [0, 0.1) is 0 Å². The molecule has 0 radical (unpaired) electrons. The van der Waals surface area contributed by atoms with E-state index >= 15 is 0 Å². The van der Waals surface area contributed by atoms with Crippen molar-refractivity contribution in [2.45, 2.75) is 6.36 Å². The Balaban J connectivity index is 2.41. The first-order valence-corrected chi connectivity index (χ1v) is 4.67. The average Bonchev–Trinajstić information content (AvgIpc) is 2.29. The molecular formula is C11H7F3N2O. The monoisotopic (exact) mass is 240 g/mol. The van der Waals surface area contributed by atoms with Gasteiger partial charge < -0.3 is 4.74 Å². The number of rotatable bonds is 2. The molecule has 1 heterocycles. The third-order valence-electron chi connectivity index (χ3n) is 1.97. The molecule has 0 bridgehead atoms. The summed E-state index contributed by atoms with van der Waals surface area (Å²) in [6.07, 6.45) is -2.48. The number of ether oxygens (including phenoxy) is 1. The molecule has 6 heteroatoms. The van der Waals surface area contributed by atoms with Gasteiger partial charge in [0.25, 0.3) is 0 Å². The predicted molar refractivity (Wildman–Crippen MR) is 54.2 cm³/mol. The van der Waals surface area contributed by atoms with Gasteiger partial charge in [0.15, 0.2) is 0 Å². The summed E-state index contributed by atoms with van der Waals surface area (Å²) in [6.45, 7) is 0. The van der Waals surface area contributed by atoms with E-state index in [0.717, 1.165) is 6.33 Å². The van der Waals surface area contributed by atoms with Crippen LogP contribution in [0.1, 0.15) is 0 Å². The number of benzene rings is 1. The van der Waals surface area contributed by atoms with Crippen molar-refractivity contribution in [1.29, 1.82) is 0 Å². The van der Waals surface area contributed by atoms with Crippen LogP contribution in [0.25, 0.3) is 11.1 Å². The van der Waals surface area contributed by atoms with Crippen molar-refractivity contribution in [3.05, 3.63) is 42.9 Å². The number of hydrogen-bond donors (Lipinski definition) is 0. The van der Waals surface area contributed by atoms with Crippen LogP contribution in [-0.4, -0.2) is 16.3 Å². The smallest absolute Gasteiger partial charge is 0.387 e. The molecule has 0 atom stereocenters. The number of hydrogen-bond acceptors (Lipinski definition) is 3. The summed E-state index contributed by atoms with van der Waals surface area (Å²) >= 11 is 0. The van der Waals surface area contributed by atoms with Crippen molar-refractivity contribution in [2.24, 2.45) is 0 Å². The lowest BCUT2D eigenvalue weighted by Crippen LogP contribution is -2.18.